The summed E-state index contributed by atoms with van der Waals surface area (Å²) in [5.74, 6) is 2.21. The zero-order chi connectivity index (χ0) is 9.68. The summed E-state index contributed by atoms with van der Waals surface area (Å²) in [6, 6.07) is 8.12. The maximum absolute atomic E-state index is 5.49. The molecule has 0 aromatic heterocycles. The van der Waals surface area contributed by atoms with Crippen LogP contribution in [0.1, 0.15) is 18.1 Å². The molecule has 0 heterocycles. The third-order valence-corrected chi connectivity index (χ3v) is 2.89. The van der Waals surface area contributed by atoms with Crippen molar-refractivity contribution >= 4 is 29.0 Å². The van der Waals surface area contributed by atoms with Crippen LogP contribution in [0.15, 0.2) is 24.3 Å². The van der Waals surface area contributed by atoms with Crippen molar-refractivity contribution in [1.29, 1.82) is 0 Å². The molecule has 1 nitrogen and oxygen atoms in total. The van der Waals surface area contributed by atoms with Crippen molar-refractivity contribution in [3.8, 4) is 0 Å². The molecule has 1 rings (SSSR count). The third-order valence-electron chi connectivity index (χ3n) is 1.71. The zero-order valence-corrected chi connectivity index (χ0v) is 9.25. The largest absolute Gasteiger partial charge is 0.389 e. The summed E-state index contributed by atoms with van der Waals surface area (Å²) in [7, 11) is 0. The fraction of sp³-hybridized carbons (Fsp3) is 0.300. The van der Waals surface area contributed by atoms with E-state index < -0.39 is 0 Å². The van der Waals surface area contributed by atoms with Gasteiger partial charge in [-0.15, -0.1) is 0 Å². The Labute approximate surface area is 88.7 Å². The van der Waals surface area contributed by atoms with E-state index in [1.165, 1.54) is 5.56 Å². The summed E-state index contributed by atoms with van der Waals surface area (Å²) >= 11 is 6.78. The van der Waals surface area contributed by atoms with Crippen LogP contribution in [0.5, 0.6) is 0 Å². The Hall–Kier alpha value is -0.540. The van der Waals surface area contributed by atoms with Gasteiger partial charge >= 0.3 is 0 Å². The molecular weight excluding hydrogens is 198 g/mol. The summed E-state index contributed by atoms with van der Waals surface area (Å²) in [6.07, 6.45) is 0. The van der Waals surface area contributed by atoms with E-state index in [0.717, 1.165) is 17.1 Å². The van der Waals surface area contributed by atoms with E-state index >= 15 is 0 Å². The van der Waals surface area contributed by atoms with Crippen molar-refractivity contribution in [2.75, 3.05) is 5.75 Å². The molecule has 3 heteroatoms. The maximum atomic E-state index is 5.49. The first-order valence-corrected chi connectivity index (χ1v) is 5.77. The second kappa shape index (κ2) is 5.25. The van der Waals surface area contributed by atoms with Gasteiger partial charge in [0.1, 0.15) is 4.99 Å². The Morgan fingerprint density at radius 2 is 2.00 bits per heavy atom. The first kappa shape index (κ1) is 10.5. The highest BCUT2D eigenvalue weighted by molar-refractivity contribution is 7.98. The first-order chi connectivity index (χ1) is 6.24. The van der Waals surface area contributed by atoms with E-state index in [9.17, 15) is 0 Å². The number of benzene rings is 1. The highest BCUT2D eigenvalue weighted by Crippen LogP contribution is 2.12. The van der Waals surface area contributed by atoms with Crippen LogP contribution in [0.2, 0.25) is 0 Å². The Morgan fingerprint density at radius 3 is 2.46 bits per heavy atom. The number of hydrogen-bond acceptors (Lipinski definition) is 2. The van der Waals surface area contributed by atoms with Gasteiger partial charge in [-0.1, -0.05) is 43.4 Å². The lowest BCUT2D eigenvalue weighted by Gasteiger charge is -2.01. The SMILES string of the molecule is CCSCc1ccc(C(N)=S)cc1. The molecule has 0 spiro atoms. The predicted molar refractivity (Wildman–Crippen MR) is 64.2 cm³/mol. The van der Waals surface area contributed by atoms with Crippen LogP contribution < -0.4 is 5.73 Å². The molecule has 0 unspecified atom stereocenters. The molecule has 2 N–H and O–H groups in total. The third kappa shape index (κ3) is 3.36. The van der Waals surface area contributed by atoms with E-state index in [1.54, 1.807) is 0 Å². The maximum Gasteiger partial charge on any atom is 0.103 e. The molecule has 0 bridgehead atoms. The second-order valence-electron chi connectivity index (χ2n) is 2.70. The zero-order valence-electron chi connectivity index (χ0n) is 7.62. The van der Waals surface area contributed by atoms with Crippen LogP contribution in [0, 0.1) is 0 Å². The van der Waals surface area contributed by atoms with Crippen molar-refractivity contribution in [3.05, 3.63) is 35.4 Å². The topological polar surface area (TPSA) is 26.0 Å². The molecule has 0 fully saturated rings. The molecule has 0 amide bonds. The average molecular weight is 211 g/mol. The Kier molecular flexibility index (Phi) is 4.25. The molecule has 13 heavy (non-hydrogen) atoms. The van der Waals surface area contributed by atoms with E-state index in [-0.39, 0.29) is 0 Å². The van der Waals surface area contributed by atoms with Crippen LogP contribution >= 0.6 is 24.0 Å². The predicted octanol–water partition coefficient (Wildman–Crippen LogP) is 2.57. The lowest BCUT2D eigenvalue weighted by molar-refractivity contribution is 1.39. The van der Waals surface area contributed by atoms with Gasteiger partial charge in [0.05, 0.1) is 0 Å². The number of thiocarbonyl (C=S) groups is 1. The van der Waals surface area contributed by atoms with Gasteiger partial charge in [0.25, 0.3) is 0 Å². The molecule has 0 aliphatic heterocycles. The number of thioether (sulfide) groups is 1. The van der Waals surface area contributed by atoms with Gasteiger partial charge in [0.2, 0.25) is 0 Å². The van der Waals surface area contributed by atoms with Crippen molar-refractivity contribution in [2.24, 2.45) is 5.73 Å². The number of hydrogen-bond donors (Lipinski definition) is 1. The quantitative estimate of drug-likeness (QED) is 0.775. The molecule has 0 aliphatic rings. The second-order valence-corrected chi connectivity index (χ2v) is 4.41. The smallest absolute Gasteiger partial charge is 0.103 e. The lowest BCUT2D eigenvalue weighted by atomic mass is 10.1. The standard InChI is InChI=1S/C10H13NS2/c1-2-13-7-8-3-5-9(6-4-8)10(11)12/h3-6H,2,7H2,1H3,(H2,11,12). The highest BCUT2D eigenvalue weighted by Gasteiger charge is 1.96. The van der Waals surface area contributed by atoms with Crippen LogP contribution in [0.25, 0.3) is 0 Å². The van der Waals surface area contributed by atoms with Gasteiger partial charge in [-0.05, 0) is 11.3 Å². The van der Waals surface area contributed by atoms with Crippen molar-refractivity contribution in [2.45, 2.75) is 12.7 Å². The van der Waals surface area contributed by atoms with Gasteiger partial charge < -0.3 is 5.73 Å². The fourth-order valence-electron chi connectivity index (χ4n) is 0.985. The molecule has 0 saturated heterocycles. The summed E-state index contributed by atoms with van der Waals surface area (Å²) in [6.45, 7) is 2.16. The summed E-state index contributed by atoms with van der Waals surface area (Å²) in [5.41, 5.74) is 7.76. The highest BCUT2D eigenvalue weighted by atomic mass is 32.2. The minimum atomic E-state index is 0.467. The Morgan fingerprint density at radius 1 is 1.38 bits per heavy atom. The van der Waals surface area contributed by atoms with Crippen LogP contribution in [-0.4, -0.2) is 10.7 Å². The van der Waals surface area contributed by atoms with E-state index in [1.807, 2.05) is 23.9 Å². The average Bonchev–Trinajstić information content (AvgIpc) is 2.15. The van der Waals surface area contributed by atoms with Gasteiger partial charge in [-0.3, -0.25) is 0 Å². The normalized spacial score (nSPS) is 9.92. The van der Waals surface area contributed by atoms with Gasteiger partial charge in [-0.2, -0.15) is 11.8 Å². The van der Waals surface area contributed by atoms with Gasteiger partial charge in [0, 0.05) is 11.3 Å². The van der Waals surface area contributed by atoms with Gasteiger partial charge in [0.15, 0.2) is 0 Å². The lowest BCUT2D eigenvalue weighted by Crippen LogP contribution is -2.08. The summed E-state index contributed by atoms with van der Waals surface area (Å²) in [4.78, 5) is 0.467. The minimum Gasteiger partial charge on any atom is -0.389 e. The molecule has 0 radical (unpaired) electrons. The van der Waals surface area contributed by atoms with Crippen molar-refractivity contribution in [3.63, 3.8) is 0 Å². The van der Waals surface area contributed by atoms with Crippen molar-refractivity contribution < 1.29 is 0 Å². The molecule has 70 valence electrons. The first-order valence-electron chi connectivity index (χ1n) is 4.20. The Balaban J connectivity index is 2.64. The summed E-state index contributed by atoms with van der Waals surface area (Å²) < 4.78 is 0. The monoisotopic (exact) mass is 211 g/mol. The van der Waals surface area contributed by atoms with Crippen molar-refractivity contribution in [1.82, 2.24) is 0 Å². The number of nitrogens with two attached hydrogens (primary N) is 1. The van der Waals surface area contributed by atoms with E-state index in [4.69, 9.17) is 18.0 Å². The number of rotatable bonds is 4. The van der Waals surface area contributed by atoms with Gasteiger partial charge in [-0.25, -0.2) is 0 Å². The molecule has 0 atom stereocenters. The van der Waals surface area contributed by atoms with Crippen LogP contribution in [0.3, 0.4) is 0 Å². The van der Waals surface area contributed by atoms with E-state index in [2.05, 4.69) is 19.1 Å². The molecule has 0 aliphatic carbocycles. The van der Waals surface area contributed by atoms with Crippen LogP contribution in [0.4, 0.5) is 0 Å². The minimum absolute atomic E-state index is 0.467. The molecule has 1 aromatic carbocycles. The molecule has 0 saturated carbocycles. The Bertz CT molecular complexity index is 279. The summed E-state index contributed by atoms with van der Waals surface area (Å²) in [5, 5.41) is 0. The van der Waals surface area contributed by atoms with E-state index in [0.29, 0.717) is 4.99 Å². The molecule has 1 aromatic rings. The fourth-order valence-corrected chi connectivity index (χ4v) is 1.75. The molecular formula is C10H13NS2. The van der Waals surface area contributed by atoms with Crippen LogP contribution in [-0.2, 0) is 5.75 Å².